The van der Waals surface area contributed by atoms with E-state index < -0.39 is 6.09 Å². The first-order chi connectivity index (χ1) is 10.6. The van der Waals surface area contributed by atoms with Gasteiger partial charge < -0.3 is 15.3 Å². The quantitative estimate of drug-likeness (QED) is 0.836. The SMILES string of the molecule is O=C(O)N[C@H]1CCN(c2cc(C3CCCCC3)nc(Cl)n2)C1. The zero-order valence-electron chi connectivity index (χ0n) is 12.5. The Bertz CT molecular complexity index is 548. The van der Waals surface area contributed by atoms with E-state index in [1.54, 1.807) is 0 Å². The van der Waals surface area contributed by atoms with Crippen LogP contribution in [0.1, 0.15) is 50.1 Å². The molecule has 2 fully saturated rings. The second kappa shape index (κ2) is 6.69. The van der Waals surface area contributed by atoms with Gasteiger partial charge in [0.2, 0.25) is 5.28 Å². The molecular formula is C15H21ClN4O2. The lowest BCUT2D eigenvalue weighted by Gasteiger charge is -2.23. The summed E-state index contributed by atoms with van der Waals surface area (Å²) < 4.78 is 0. The molecule has 0 bridgehead atoms. The van der Waals surface area contributed by atoms with E-state index in [1.165, 1.54) is 19.3 Å². The van der Waals surface area contributed by atoms with Gasteiger partial charge in [0.15, 0.2) is 0 Å². The highest BCUT2D eigenvalue weighted by Crippen LogP contribution is 2.33. The van der Waals surface area contributed by atoms with Crippen molar-refractivity contribution in [2.24, 2.45) is 0 Å². The topological polar surface area (TPSA) is 78.4 Å². The smallest absolute Gasteiger partial charge is 0.404 e. The molecule has 0 radical (unpaired) electrons. The van der Waals surface area contributed by atoms with Crippen molar-refractivity contribution in [2.45, 2.75) is 50.5 Å². The third kappa shape index (κ3) is 3.61. The van der Waals surface area contributed by atoms with Crippen LogP contribution in [0, 0.1) is 0 Å². The van der Waals surface area contributed by atoms with Gasteiger partial charge in [0.1, 0.15) is 5.82 Å². The molecule has 2 heterocycles. The van der Waals surface area contributed by atoms with Crippen LogP contribution in [0.25, 0.3) is 0 Å². The van der Waals surface area contributed by atoms with E-state index in [-0.39, 0.29) is 11.3 Å². The highest BCUT2D eigenvalue weighted by Gasteiger charge is 2.26. The fourth-order valence-electron chi connectivity index (χ4n) is 3.45. The lowest BCUT2D eigenvalue weighted by Crippen LogP contribution is -2.36. The molecule has 1 aromatic rings. The Kier molecular flexibility index (Phi) is 4.66. The predicted octanol–water partition coefficient (Wildman–Crippen LogP) is 3.02. The van der Waals surface area contributed by atoms with Crippen molar-refractivity contribution in [1.82, 2.24) is 15.3 Å². The van der Waals surface area contributed by atoms with E-state index in [0.29, 0.717) is 12.5 Å². The summed E-state index contributed by atoms with van der Waals surface area (Å²) in [6.07, 6.45) is 5.93. The first-order valence-electron chi connectivity index (χ1n) is 7.90. The van der Waals surface area contributed by atoms with Gasteiger partial charge >= 0.3 is 6.09 Å². The standard InChI is InChI=1S/C15H21ClN4O2/c16-14-18-12(10-4-2-1-3-5-10)8-13(19-14)20-7-6-11(9-20)17-15(21)22/h8,10-11,17H,1-7,9H2,(H,21,22)/t11-/m0/s1. The Hall–Kier alpha value is -1.56. The zero-order chi connectivity index (χ0) is 15.5. The first-order valence-corrected chi connectivity index (χ1v) is 8.28. The average molecular weight is 325 g/mol. The van der Waals surface area contributed by atoms with Crippen molar-refractivity contribution in [3.05, 3.63) is 17.0 Å². The second-order valence-electron chi connectivity index (χ2n) is 6.14. The predicted molar refractivity (Wildman–Crippen MR) is 84.6 cm³/mol. The van der Waals surface area contributed by atoms with Crippen LogP contribution in [0.4, 0.5) is 10.6 Å². The Balaban J connectivity index is 1.73. The maximum atomic E-state index is 10.7. The number of rotatable bonds is 3. The Labute approximate surface area is 134 Å². The normalized spacial score (nSPS) is 22.8. The van der Waals surface area contributed by atoms with Crippen molar-refractivity contribution in [3.8, 4) is 0 Å². The van der Waals surface area contributed by atoms with Crippen LogP contribution in [0.5, 0.6) is 0 Å². The van der Waals surface area contributed by atoms with Crippen molar-refractivity contribution in [3.63, 3.8) is 0 Å². The number of amides is 1. The lowest BCUT2D eigenvalue weighted by molar-refractivity contribution is 0.191. The minimum atomic E-state index is -0.976. The van der Waals surface area contributed by atoms with Gasteiger partial charge in [-0.1, -0.05) is 19.3 Å². The molecule has 0 spiro atoms. The molecule has 6 nitrogen and oxygen atoms in total. The molecule has 2 N–H and O–H groups in total. The number of hydrogen-bond acceptors (Lipinski definition) is 4. The number of nitrogens with zero attached hydrogens (tertiary/aromatic N) is 3. The van der Waals surface area contributed by atoms with E-state index in [1.807, 2.05) is 6.07 Å². The Morgan fingerprint density at radius 1 is 1.27 bits per heavy atom. The molecule has 0 aromatic carbocycles. The number of carbonyl (C=O) groups is 1. The lowest BCUT2D eigenvalue weighted by atomic mass is 9.87. The fourth-order valence-corrected chi connectivity index (χ4v) is 3.64. The van der Waals surface area contributed by atoms with Gasteiger partial charge in [-0.15, -0.1) is 0 Å². The summed E-state index contributed by atoms with van der Waals surface area (Å²) in [4.78, 5) is 21.6. The minimum absolute atomic E-state index is 0.0515. The van der Waals surface area contributed by atoms with Gasteiger partial charge in [0, 0.05) is 25.1 Å². The van der Waals surface area contributed by atoms with Crippen LogP contribution in [0.15, 0.2) is 6.07 Å². The maximum Gasteiger partial charge on any atom is 0.404 e. The first kappa shape index (κ1) is 15.3. The second-order valence-corrected chi connectivity index (χ2v) is 6.47. The van der Waals surface area contributed by atoms with Crippen molar-refractivity contribution in [2.75, 3.05) is 18.0 Å². The molecule has 1 amide bonds. The summed E-state index contributed by atoms with van der Waals surface area (Å²) in [5.74, 6) is 1.29. The van der Waals surface area contributed by atoms with E-state index in [2.05, 4.69) is 20.2 Å². The summed E-state index contributed by atoms with van der Waals surface area (Å²) >= 11 is 6.11. The van der Waals surface area contributed by atoms with E-state index >= 15 is 0 Å². The van der Waals surface area contributed by atoms with E-state index in [0.717, 1.165) is 37.3 Å². The van der Waals surface area contributed by atoms with Gasteiger partial charge in [0.25, 0.3) is 0 Å². The molecule has 22 heavy (non-hydrogen) atoms. The van der Waals surface area contributed by atoms with Crippen LogP contribution in [-0.2, 0) is 0 Å². The number of nitrogens with one attached hydrogen (secondary N) is 1. The van der Waals surface area contributed by atoms with Gasteiger partial charge in [-0.3, -0.25) is 0 Å². The Morgan fingerprint density at radius 3 is 2.77 bits per heavy atom. The molecule has 1 aliphatic heterocycles. The third-order valence-corrected chi connectivity index (χ3v) is 4.74. The number of anilines is 1. The van der Waals surface area contributed by atoms with E-state index in [9.17, 15) is 4.79 Å². The van der Waals surface area contributed by atoms with Crippen molar-refractivity contribution >= 4 is 23.5 Å². The molecule has 1 saturated heterocycles. The van der Waals surface area contributed by atoms with Crippen LogP contribution < -0.4 is 10.2 Å². The fraction of sp³-hybridized carbons (Fsp3) is 0.667. The molecule has 0 unspecified atom stereocenters. The summed E-state index contributed by atoms with van der Waals surface area (Å²) in [5, 5.41) is 11.6. The molecule has 1 atom stereocenters. The van der Waals surface area contributed by atoms with E-state index in [4.69, 9.17) is 16.7 Å². The number of hydrogen-bond donors (Lipinski definition) is 2. The van der Waals surface area contributed by atoms with Crippen LogP contribution in [-0.4, -0.2) is 40.3 Å². The maximum absolute atomic E-state index is 10.7. The van der Waals surface area contributed by atoms with Crippen molar-refractivity contribution in [1.29, 1.82) is 0 Å². The molecule has 2 aliphatic rings. The van der Waals surface area contributed by atoms with Gasteiger partial charge in [-0.25, -0.2) is 14.8 Å². The molecule has 7 heteroatoms. The number of aromatic nitrogens is 2. The summed E-state index contributed by atoms with van der Waals surface area (Å²) in [6, 6.07) is 1.98. The Morgan fingerprint density at radius 2 is 2.05 bits per heavy atom. The summed E-state index contributed by atoms with van der Waals surface area (Å²) in [7, 11) is 0. The van der Waals surface area contributed by atoms with Gasteiger partial charge in [0.05, 0.1) is 11.7 Å². The van der Waals surface area contributed by atoms with Gasteiger partial charge in [-0.2, -0.15) is 0 Å². The highest BCUT2D eigenvalue weighted by atomic mass is 35.5. The van der Waals surface area contributed by atoms with Crippen LogP contribution in [0.2, 0.25) is 5.28 Å². The average Bonchev–Trinajstić information content (AvgIpc) is 2.95. The van der Waals surface area contributed by atoms with Crippen LogP contribution in [0.3, 0.4) is 0 Å². The number of halogens is 1. The monoisotopic (exact) mass is 324 g/mol. The molecular weight excluding hydrogens is 304 g/mol. The molecule has 3 rings (SSSR count). The van der Waals surface area contributed by atoms with Crippen molar-refractivity contribution < 1.29 is 9.90 Å². The third-order valence-electron chi connectivity index (χ3n) is 4.57. The highest BCUT2D eigenvalue weighted by molar-refractivity contribution is 6.28. The summed E-state index contributed by atoms with van der Waals surface area (Å²) in [5.41, 5.74) is 1.03. The zero-order valence-corrected chi connectivity index (χ0v) is 13.2. The molecule has 1 aromatic heterocycles. The van der Waals surface area contributed by atoms with Gasteiger partial charge in [-0.05, 0) is 30.9 Å². The largest absolute Gasteiger partial charge is 0.465 e. The summed E-state index contributed by atoms with van der Waals surface area (Å²) in [6.45, 7) is 1.41. The number of carboxylic acid groups (broad SMARTS) is 1. The van der Waals surface area contributed by atoms with Crippen LogP contribution >= 0.6 is 11.6 Å². The molecule has 120 valence electrons. The molecule has 1 aliphatic carbocycles. The minimum Gasteiger partial charge on any atom is -0.465 e. The molecule has 1 saturated carbocycles.